The first-order chi connectivity index (χ1) is 8.54. The number of ketones is 1. The van der Waals surface area contributed by atoms with Crippen LogP contribution in [-0.4, -0.2) is 18.9 Å². The zero-order valence-electron chi connectivity index (χ0n) is 11.1. The van der Waals surface area contributed by atoms with Crippen molar-refractivity contribution >= 4 is 5.78 Å². The zero-order valence-corrected chi connectivity index (χ0v) is 11.1. The van der Waals surface area contributed by atoms with E-state index in [9.17, 15) is 4.79 Å². The Bertz CT molecular complexity index is 440. The molecule has 98 valence electrons. The van der Waals surface area contributed by atoms with Crippen molar-refractivity contribution in [3.63, 3.8) is 0 Å². The SMILES string of the molecule is CC(C)(CN)C(=O)CC1CCOc2ccccc21. The van der Waals surface area contributed by atoms with Crippen LogP contribution in [0.15, 0.2) is 24.3 Å². The highest BCUT2D eigenvalue weighted by atomic mass is 16.5. The molecule has 1 aliphatic heterocycles. The number of hydrogen-bond acceptors (Lipinski definition) is 3. The van der Waals surface area contributed by atoms with E-state index in [1.807, 2.05) is 32.0 Å². The molecule has 0 spiro atoms. The average Bonchev–Trinajstić information content (AvgIpc) is 2.39. The maximum atomic E-state index is 12.3. The van der Waals surface area contributed by atoms with Gasteiger partial charge in [0.05, 0.1) is 6.61 Å². The summed E-state index contributed by atoms with van der Waals surface area (Å²) < 4.78 is 5.61. The van der Waals surface area contributed by atoms with Gasteiger partial charge in [-0.25, -0.2) is 0 Å². The second-order valence-electron chi connectivity index (χ2n) is 5.59. The van der Waals surface area contributed by atoms with E-state index >= 15 is 0 Å². The molecule has 1 aromatic rings. The molecule has 1 heterocycles. The highest BCUT2D eigenvalue weighted by molar-refractivity contribution is 5.85. The summed E-state index contributed by atoms with van der Waals surface area (Å²) in [4.78, 5) is 12.3. The molecule has 1 unspecified atom stereocenters. The summed E-state index contributed by atoms with van der Waals surface area (Å²) in [6.45, 7) is 4.93. The summed E-state index contributed by atoms with van der Waals surface area (Å²) in [5, 5.41) is 0. The molecule has 1 aliphatic rings. The smallest absolute Gasteiger partial charge is 0.140 e. The van der Waals surface area contributed by atoms with Crippen LogP contribution in [0.1, 0.15) is 38.2 Å². The molecule has 0 radical (unpaired) electrons. The highest BCUT2D eigenvalue weighted by Crippen LogP contribution is 2.37. The largest absolute Gasteiger partial charge is 0.493 e. The van der Waals surface area contributed by atoms with Gasteiger partial charge in [-0.3, -0.25) is 4.79 Å². The normalized spacial score (nSPS) is 18.9. The van der Waals surface area contributed by atoms with Gasteiger partial charge in [0, 0.05) is 18.4 Å². The molecule has 0 bridgehead atoms. The molecular formula is C15H21NO2. The molecule has 2 rings (SSSR count). The quantitative estimate of drug-likeness (QED) is 0.889. The lowest BCUT2D eigenvalue weighted by atomic mass is 9.80. The number of fused-ring (bicyclic) bond motifs is 1. The van der Waals surface area contributed by atoms with Gasteiger partial charge >= 0.3 is 0 Å². The number of carbonyl (C=O) groups excluding carboxylic acids is 1. The second kappa shape index (κ2) is 5.11. The lowest BCUT2D eigenvalue weighted by Crippen LogP contribution is -2.34. The fourth-order valence-corrected chi connectivity index (χ4v) is 2.24. The minimum atomic E-state index is -0.423. The highest BCUT2D eigenvalue weighted by Gasteiger charge is 2.30. The van der Waals surface area contributed by atoms with Crippen molar-refractivity contribution in [2.45, 2.75) is 32.6 Å². The van der Waals surface area contributed by atoms with Gasteiger partial charge in [0.2, 0.25) is 0 Å². The Hall–Kier alpha value is -1.35. The number of rotatable bonds is 4. The van der Waals surface area contributed by atoms with E-state index < -0.39 is 5.41 Å². The van der Waals surface area contributed by atoms with Crippen LogP contribution in [0.3, 0.4) is 0 Å². The topological polar surface area (TPSA) is 52.3 Å². The van der Waals surface area contributed by atoms with Crippen LogP contribution in [0.4, 0.5) is 0 Å². The van der Waals surface area contributed by atoms with Crippen LogP contribution in [-0.2, 0) is 4.79 Å². The zero-order chi connectivity index (χ0) is 13.2. The van der Waals surface area contributed by atoms with Crippen molar-refractivity contribution in [3.05, 3.63) is 29.8 Å². The first kappa shape index (κ1) is 13.1. The van der Waals surface area contributed by atoms with Gasteiger partial charge in [0.1, 0.15) is 11.5 Å². The summed E-state index contributed by atoms with van der Waals surface area (Å²) in [6, 6.07) is 7.99. The number of ether oxygens (including phenoxy) is 1. The van der Waals surface area contributed by atoms with Crippen molar-refractivity contribution in [2.75, 3.05) is 13.2 Å². The van der Waals surface area contributed by atoms with Gasteiger partial charge in [-0.05, 0) is 24.0 Å². The van der Waals surface area contributed by atoms with Crippen LogP contribution in [0.2, 0.25) is 0 Å². The first-order valence-electron chi connectivity index (χ1n) is 6.49. The van der Waals surface area contributed by atoms with Crippen LogP contribution in [0.5, 0.6) is 5.75 Å². The lowest BCUT2D eigenvalue weighted by Gasteiger charge is -2.28. The van der Waals surface area contributed by atoms with E-state index in [-0.39, 0.29) is 11.7 Å². The molecule has 0 amide bonds. The number of carbonyl (C=O) groups is 1. The number of para-hydroxylation sites is 1. The molecule has 0 fully saturated rings. The minimum absolute atomic E-state index is 0.242. The Labute approximate surface area is 108 Å². The molecular weight excluding hydrogens is 226 g/mol. The third-order valence-electron chi connectivity index (χ3n) is 3.78. The van der Waals surface area contributed by atoms with Gasteiger partial charge in [0.25, 0.3) is 0 Å². The summed E-state index contributed by atoms with van der Waals surface area (Å²) in [6.07, 6.45) is 1.47. The number of Topliss-reactive ketones (excluding diaryl/α,β-unsaturated/α-hetero) is 1. The van der Waals surface area contributed by atoms with Crippen LogP contribution < -0.4 is 10.5 Å². The van der Waals surface area contributed by atoms with E-state index in [0.717, 1.165) is 17.7 Å². The molecule has 18 heavy (non-hydrogen) atoms. The first-order valence-corrected chi connectivity index (χ1v) is 6.49. The van der Waals surface area contributed by atoms with E-state index in [4.69, 9.17) is 10.5 Å². The molecule has 0 saturated heterocycles. The summed E-state index contributed by atoms with van der Waals surface area (Å²) in [5.41, 5.74) is 6.40. The standard InChI is InChI=1S/C15H21NO2/c1-15(2,10-16)14(17)9-11-7-8-18-13-6-4-3-5-12(11)13/h3-6,11H,7-10,16H2,1-2H3. The Morgan fingerprint density at radius 3 is 2.89 bits per heavy atom. The molecule has 0 aromatic heterocycles. The maximum absolute atomic E-state index is 12.3. The van der Waals surface area contributed by atoms with Crippen molar-refractivity contribution in [2.24, 2.45) is 11.1 Å². The van der Waals surface area contributed by atoms with E-state index in [1.54, 1.807) is 0 Å². The maximum Gasteiger partial charge on any atom is 0.140 e. The third-order valence-corrected chi connectivity index (χ3v) is 3.78. The van der Waals surface area contributed by atoms with E-state index in [1.165, 1.54) is 0 Å². The van der Waals surface area contributed by atoms with Gasteiger partial charge in [-0.2, -0.15) is 0 Å². The van der Waals surface area contributed by atoms with E-state index in [0.29, 0.717) is 19.6 Å². The monoisotopic (exact) mass is 247 g/mol. The molecule has 0 aliphatic carbocycles. The minimum Gasteiger partial charge on any atom is -0.493 e. The predicted octanol–water partition coefficient (Wildman–Crippen LogP) is 2.50. The van der Waals surface area contributed by atoms with E-state index in [2.05, 4.69) is 6.07 Å². The lowest BCUT2D eigenvalue weighted by molar-refractivity contribution is -0.127. The van der Waals surface area contributed by atoms with Crippen LogP contribution in [0, 0.1) is 5.41 Å². The van der Waals surface area contributed by atoms with Gasteiger partial charge in [-0.1, -0.05) is 32.0 Å². The Morgan fingerprint density at radius 1 is 1.44 bits per heavy atom. The molecule has 2 N–H and O–H groups in total. The Morgan fingerprint density at radius 2 is 2.17 bits per heavy atom. The van der Waals surface area contributed by atoms with Crippen LogP contribution in [0.25, 0.3) is 0 Å². The summed E-state index contributed by atoms with van der Waals surface area (Å²) >= 11 is 0. The Kier molecular flexibility index (Phi) is 3.71. The number of hydrogen-bond donors (Lipinski definition) is 1. The average molecular weight is 247 g/mol. The Balaban J connectivity index is 2.15. The molecule has 1 aromatic carbocycles. The summed E-state index contributed by atoms with van der Waals surface area (Å²) in [5.74, 6) is 1.44. The second-order valence-corrected chi connectivity index (χ2v) is 5.59. The van der Waals surface area contributed by atoms with Crippen LogP contribution >= 0.6 is 0 Å². The summed E-state index contributed by atoms with van der Waals surface area (Å²) in [7, 11) is 0. The third kappa shape index (κ3) is 2.56. The molecule has 0 saturated carbocycles. The van der Waals surface area contributed by atoms with Crippen molar-refractivity contribution < 1.29 is 9.53 Å². The van der Waals surface area contributed by atoms with Gasteiger partial charge in [0.15, 0.2) is 0 Å². The number of benzene rings is 1. The van der Waals surface area contributed by atoms with Crippen molar-refractivity contribution in [3.8, 4) is 5.75 Å². The number of nitrogens with two attached hydrogens (primary N) is 1. The van der Waals surface area contributed by atoms with Crippen molar-refractivity contribution in [1.29, 1.82) is 0 Å². The van der Waals surface area contributed by atoms with Crippen molar-refractivity contribution in [1.82, 2.24) is 0 Å². The van der Waals surface area contributed by atoms with Gasteiger partial charge in [-0.15, -0.1) is 0 Å². The van der Waals surface area contributed by atoms with Gasteiger partial charge < -0.3 is 10.5 Å². The molecule has 3 heteroatoms. The molecule has 1 atom stereocenters. The molecule has 3 nitrogen and oxygen atoms in total. The fourth-order valence-electron chi connectivity index (χ4n) is 2.24. The predicted molar refractivity (Wildman–Crippen MR) is 71.8 cm³/mol. The fraction of sp³-hybridized carbons (Fsp3) is 0.533.